The van der Waals surface area contributed by atoms with E-state index < -0.39 is 0 Å². The number of fused-ring (bicyclic) bond motifs is 1. The summed E-state index contributed by atoms with van der Waals surface area (Å²) >= 11 is 1.43. The van der Waals surface area contributed by atoms with Gasteiger partial charge in [0.2, 0.25) is 5.91 Å². The van der Waals surface area contributed by atoms with Gasteiger partial charge in [-0.3, -0.25) is 4.79 Å². The number of carbonyl (C=O) groups is 2. The molecule has 1 aromatic heterocycles. The van der Waals surface area contributed by atoms with Crippen LogP contribution >= 0.6 is 11.3 Å². The second-order valence-corrected chi connectivity index (χ2v) is 9.26. The highest BCUT2D eigenvalue weighted by Gasteiger charge is 2.34. The molecule has 1 aliphatic rings. The van der Waals surface area contributed by atoms with Crippen molar-refractivity contribution in [2.45, 2.75) is 90.8 Å². The zero-order valence-electron chi connectivity index (χ0n) is 18.1. The summed E-state index contributed by atoms with van der Waals surface area (Å²) in [6.45, 7) is 10.3. The molecule has 0 atom stereocenters. The van der Waals surface area contributed by atoms with Gasteiger partial charge in [-0.05, 0) is 45.6 Å². The third kappa shape index (κ3) is 7.27. The van der Waals surface area contributed by atoms with Gasteiger partial charge in [0.05, 0.1) is 24.4 Å². The molecule has 6 heteroatoms. The van der Waals surface area contributed by atoms with Crippen molar-refractivity contribution < 1.29 is 19.1 Å². The highest BCUT2D eigenvalue weighted by atomic mass is 32.1. The highest BCUT2D eigenvalue weighted by molar-refractivity contribution is 7.17. The van der Waals surface area contributed by atoms with Crippen LogP contribution in [0, 0.1) is 0 Å². The molecule has 0 saturated heterocycles. The molecule has 0 bridgehead atoms. The minimum atomic E-state index is -0.363. The number of rotatable bonds is 12. The molecule has 1 aromatic rings. The first-order chi connectivity index (χ1) is 13.9. The number of thiophene rings is 1. The molecule has 0 spiro atoms. The van der Waals surface area contributed by atoms with E-state index >= 15 is 0 Å². The summed E-state index contributed by atoms with van der Waals surface area (Å²) in [5.41, 5.74) is 1.14. The van der Waals surface area contributed by atoms with Crippen LogP contribution < -0.4 is 5.32 Å². The maximum atomic E-state index is 12.6. The van der Waals surface area contributed by atoms with Gasteiger partial charge in [-0.25, -0.2) is 4.79 Å². The van der Waals surface area contributed by atoms with Gasteiger partial charge >= 0.3 is 5.97 Å². The van der Waals surface area contributed by atoms with Gasteiger partial charge in [0, 0.05) is 17.7 Å². The van der Waals surface area contributed by atoms with Crippen LogP contribution in [0.25, 0.3) is 0 Å². The number of hydrogen-bond acceptors (Lipinski definition) is 5. The van der Waals surface area contributed by atoms with Crippen molar-refractivity contribution in [3.05, 3.63) is 28.7 Å². The first-order valence-electron chi connectivity index (χ1n) is 10.7. The number of amides is 1. The molecule has 0 unspecified atom stereocenters. The van der Waals surface area contributed by atoms with Crippen LogP contribution in [0.2, 0.25) is 0 Å². The van der Waals surface area contributed by atoms with E-state index in [1.165, 1.54) is 30.6 Å². The van der Waals surface area contributed by atoms with Crippen molar-refractivity contribution >= 4 is 28.2 Å². The fraction of sp³-hybridized carbons (Fsp3) is 0.652. The fourth-order valence-electron chi connectivity index (χ4n) is 3.53. The highest BCUT2D eigenvalue weighted by Crippen LogP contribution is 2.40. The first kappa shape index (κ1) is 23.6. The summed E-state index contributed by atoms with van der Waals surface area (Å²) in [6.07, 6.45) is 10.8. The van der Waals surface area contributed by atoms with Crippen molar-refractivity contribution in [2.75, 3.05) is 11.9 Å². The predicted molar refractivity (Wildman–Crippen MR) is 119 cm³/mol. The third-order valence-electron chi connectivity index (χ3n) is 5.08. The predicted octanol–water partition coefficient (Wildman–Crippen LogP) is 6.02. The van der Waals surface area contributed by atoms with Gasteiger partial charge in [-0.1, -0.05) is 31.8 Å². The van der Waals surface area contributed by atoms with E-state index in [-0.39, 0.29) is 17.5 Å². The molecular weight excluding hydrogens is 386 g/mol. The third-order valence-corrected chi connectivity index (χ3v) is 6.20. The molecule has 1 aliphatic heterocycles. The lowest BCUT2D eigenvalue weighted by molar-refractivity contribution is -0.116. The Balaban J connectivity index is 1.92. The molecule has 5 nitrogen and oxygen atoms in total. The lowest BCUT2D eigenvalue weighted by atomic mass is 9.93. The Hall–Kier alpha value is -1.66. The van der Waals surface area contributed by atoms with Crippen LogP contribution in [0.4, 0.5) is 5.00 Å². The summed E-state index contributed by atoms with van der Waals surface area (Å²) < 4.78 is 11.1. The van der Waals surface area contributed by atoms with E-state index in [0.29, 0.717) is 36.6 Å². The summed E-state index contributed by atoms with van der Waals surface area (Å²) in [6, 6.07) is 0. The molecule has 0 aliphatic carbocycles. The van der Waals surface area contributed by atoms with E-state index in [0.717, 1.165) is 36.1 Å². The molecule has 1 N–H and O–H groups in total. The normalized spacial score (nSPS) is 14.9. The van der Waals surface area contributed by atoms with E-state index in [1.807, 2.05) is 19.9 Å². The lowest BCUT2D eigenvalue weighted by Crippen LogP contribution is -2.32. The fourth-order valence-corrected chi connectivity index (χ4v) is 4.67. The van der Waals surface area contributed by atoms with Crippen LogP contribution in [0.3, 0.4) is 0 Å². The van der Waals surface area contributed by atoms with Crippen LogP contribution in [-0.2, 0) is 27.3 Å². The molecule has 2 heterocycles. The van der Waals surface area contributed by atoms with Crippen molar-refractivity contribution in [1.82, 2.24) is 0 Å². The number of esters is 1. The molecule has 0 radical (unpaired) electrons. The van der Waals surface area contributed by atoms with Crippen molar-refractivity contribution in [3.8, 4) is 0 Å². The average Bonchev–Trinajstić information content (AvgIpc) is 2.99. The standard InChI is InChI=1S/C23H35NO4S/c1-5-7-8-9-10-11-12-13-14-19(25)24-21-20(22(26)27-6-2)17-15-23(3,4)28-16-18(17)29-21/h5H,1,6-16H2,2-4H3,(H,24,25). The summed E-state index contributed by atoms with van der Waals surface area (Å²) in [7, 11) is 0. The van der Waals surface area contributed by atoms with E-state index in [4.69, 9.17) is 9.47 Å². The number of anilines is 1. The Morgan fingerprint density at radius 2 is 1.90 bits per heavy atom. The number of carbonyl (C=O) groups excluding carboxylic acids is 2. The molecule has 1 amide bonds. The SMILES string of the molecule is C=CCCCCCCCCC(=O)Nc1sc2c(c1C(=O)OCC)CC(C)(C)OC2. The molecule has 29 heavy (non-hydrogen) atoms. The summed E-state index contributed by atoms with van der Waals surface area (Å²) in [5, 5.41) is 3.57. The second-order valence-electron chi connectivity index (χ2n) is 8.15. The molecule has 0 fully saturated rings. The van der Waals surface area contributed by atoms with E-state index in [9.17, 15) is 9.59 Å². The van der Waals surface area contributed by atoms with Gasteiger partial charge in [-0.2, -0.15) is 0 Å². The Kier molecular flexibility index (Phi) is 9.37. The van der Waals surface area contributed by atoms with E-state index in [1.54, 1.807) is 6.92 Å². The minimum absolute atomic E-state index is 0.0408. The second kappa shape index (κ2) is 11.5. The monoisotopic (exact) mass is 421 g/mol. The summed E-state index contributed by atoms with van der Waals surface area (Å²) in [5.74, 6) is -0.404. The van der Waals surface area contributed by atoms with Crippen LogP contribution in [0.15, 0.2) is 12.7 Å². The molecule has 162 valence electrons. The smallest absolute Gasteiger partial charge is 0.341 e. The number of hydrogen-bond donors (Lipinski definition) is 1. The molecular formula is C23H35NO4S. The van der Waals surface area contributed by atoms with Crippen LogP contribution in [0.1, 0.15) is 92.9 Å². The van der Waals surface area contributed by atoms with E-state index in [2.05, 4.69) is 11.9 Å². The Bertz CT molecular complexity index is 708. The van der Waals surface area contributed by atoms with Gasteiger partial charge < -0.3 is 14.8 Å². The van der Waals surface area contributed by atoms with Gasteiger partial charge in [-0.15, -0.1) is 17.9 Å². The lowest BCUT2D eigenvalue weighted by Gasteiger charge is -2.30. The van der Waals surface area contributed by atoms with Crippen LogP contribution in [-0.4, -0.2) is 24.1 Å². The van der Waals surface area contributed by atoms with Gasteiger partial charge in [0.15, 0.2) is 0 Å². The number of unbranched alkanes of at least 4 members (excludes halogenated alkanes) is 6. The quantitative estimate of drug-likeness (QED) is 0.254. The zero-order valence-corrected chi connectivity index (χ0v) is 18.9. The van der Waals surface area contributed by atoms with Gasteiger partial charge in [0.1, 0.15) is 5.00 Å². The van der Waals surface area contributed by atoms with Crippen molar-refractivity contribution in [2.24, 2.45) is 0 Å². The summed E-state index contributed by atoms with van der Waals surface area (Å²) in [4.78, 5) is 26.0. The molecule has 0 saturated carbocycles. The average molecular weight is 422 g/mol. The topological polar surface area (TPSA) is 64.6 Å². The maximum absolute atomic E-state index is 12.6. The maximum Gasteiger partial charge on any atom is 0.341 e. The van der Waals surface area contributed by atoms with Crippen LogP contribution in [0.5, 0.6) is 0 Å². The zero-order chi connectivity index (χ0) is 21.3. The Labute approximate surface area is 178 Å². The van der Waals surface area contributed by atoms with Crippen molar-refractivity contribution in [3.63, 3.8) is 0 Å². The molecule has 0 aromatic carbocycles. The Morgan fingerprint density at radius 1 is 1.21 bits per heavy atom. The Morgan fingerprint density at radius 3 is 2.59 bits per heavy atom. The number of nitrogens with one attached hydrogen (secondary N) is 1. The van der Waals surface area contributed by atoms with Crippen molar-refractivity contribution in [1.29, 1.82) is 0 Å². The largest absolute Gasteiger partial charge is 0.462 e. The minimum Gasteiger partial charge on any atom is -0.462 e. The number of allylic oxidation sites excluding steroid dienone is 1. The van der Waals surface area contributed by atoms with Gasteiger partial charge in [0.25, 0.3) is 0 Å². The number of ether oxygens (including phenoxy) is 2. The first-order valence-corrected chi connectivity index (χ1v) is 11.6. The molecule has 2 rings (SSSR count).